The Bertz CT molecular complexity index is 1120. The van der Waals surface area contributed by atoms with E-state index in [-0.39, 0.29) is 42.5 Å². The van der Waals surface area contributed by atoms with Crippen LogP contribution in [0.1, 0.15) is 23.6 Å². The summed E-state index contributed by atoms with van der Waals surface area (Å²) < 4.78 is 0. The molecule has 0 bridgehead atoms. The number of carbonyl (C=O) groups excluding carboxylic acids is 2. The second kappa shape index (κ2) is 11.3. The van der Waals surface area contributed by atoms with Crippen LogP contribution in [0.2, 0.25) is 0 Å². The number of hydrogen-bond acceptors (Lipinski definition) is 5. The molecule has 0 spiro atoms. The highest BCUT2D eigenvalue weighted by molar-refractivity contribution is 5.92. The molecule has 0 fully saturated rings. The zero-order valence-electron chi connectivity index (χ0n) is 18.3. The van der Waals surface area contributed by atoms with Crippen LogP contribution in [0.25, 0.3) is 10.8 Å². The molecule has 2 amide bonds. The molecule has 0 saturated heterocycles. The second-order valence-electron chi connectivity index (χ2n) is 8.16. The number of amides is 2. The summed E-state index contributed by atoms with van der Waals surface area (Å²) in [6, 6.07) is 14.5. The fourth-order valence-corrected chi connectivity index (χ4v) is 4.14. The van der Waals surface area contributed by atoms with Gasteiger partial charge < -0.3 is 22.1 Å². The molecule has 3 aromatic rings. The van der Waals surface area contributed by atoms with Gasteiger partial charge in [0.2, 0.25) is 11.8 Å². The molecular formula is C24H29Cl2N5O2. The smallest absolute Gasteiger partial charge is 0.242 e. The summed E-state index contributed by atoms with van der Waals surface area (Å²) in [6.45, 7) is 2.01. The SMILES string of the molecule is C[C@H](NC(=O)[C@H](N)C1Cc2ccccc2C1)C(=O)NCc1ccc2c(N)nccc2c1.Cl.Cl. The lowest BCUT2D eigenvalue weighted by molar-refractivity contribution is -0.129. The largest absolute Gasteiger partial charge is 0.383 e. The van der Waals surface area contributed by atoms with Gasteiger partial charge in [-0.05, 0) is 59.9 Å². The molecule has 1 aliphatic carbocycles. The van der Waals surface area contributed by atoms with Crippen molar-refractivity contribution < 1.29 is 9.59 Å². The van der Waals surface area contributed by atoms with Crippen molar-refractivity contribution in [2.24, 2.45) is 11.7 Å². The summed E-state index contributed by atoms with van der Waals surface area (Å²) in [5, 5.41) is 7.46. The van der Waals surface area contributed by atoms with Gasteiger partial charge in [0.25, 0.3) is 0 Å². The van der Waals surface area contributed by atoms with Crippen LogP contribution < -0.4 is 22.1 Å². The third-order valence-electron chi connectivity index (χ3n) is 5.97. The Balaban J connectivity index is 0.00000193. The van der Waals surface area contributed by atoms with E-state index in [2.05, 4.69) is 27.8 Å². The molecule has 4 rings (SSSR count). The van der Waals surface area contributed by atoms with E-state index in [1.165, 1.54) is 11.1 Å². The summed E-state index contributed by atoms with van der Waals surface area (Å²) in [5.74, 6) is -0.0305. The van der Waals surface area contributed by atoms with Gasteiger partial charge in [0.1, 0.15) is 11.9 Å². The number of aromatic nitrogens is 1. The summed E-state index contributed by atoms with van der Waals surface area (Å²) in [6.07, 6.45) is 3.23. The first-order chi connectivity index (χ1) is 14.9. The Labute approximate surface area is 205 Å². The number of nitrogens with zero attached hydrogens (tertiary/aromatic N) is 1. The summed E-state index contributed by atoms with van der Waals surface area (Å²) >= 11 is 0. The fraction of sp³-hybridized carbons (Fsp3) is 0.292. The van der Waals surface area contributed by atoms with E-state index in [1.807, 2.05) is 36.4 Å². The van der Waals surface area contributed by atoms with Crippen LogP contribution in [0, 0.1) is 5.92 Å². The highest BCUT2D eigenvalue weighted by Crippen LogP contribution is 2.28. The average Bonchev–Trinajstić information content (AvgIpc) is 3.21. The number of carbonyl (C=O) groups is 2. The molecule has 6 N–H and O–H groups in total. The Morgan fingerprint density at radius 2 is 1.73 bits per heavy atom. The van der Waals surface area contributed by atoms with Crippen molar-refractivity contribution in [1.29, 1.82) is 0 Å². The molecule has 1 aromatic heterocycles. The highest BCUT2D eigenvalue weighted by Gasteiger charge is 2.31. The number of nitrogens with one attached hydrogen (secondary N) is 2. The average molecular weight is 490 g/mol. The van der Waals surface area contributed by atoms with E-state index >= 15 is 0 Å². The molecule has 33 heavy (non-hydrogen) atoms. The Kier molecular flexibility index (Phi) is 9.05. The molecule has 1 heterocycles. The first-order valence-corrected chi connectivity index (χ1v) is 10.5. The van der Waals surface area contributed by atoms with Gasteiger partial charge in [0.05, 0.1) is 6.04 Å². The van der Waals surface area contributed by atoms with Gasteiger partial charge >= 0.3 is 0 Å². The number of pyridine rings is 1. The minimum Gasteiger partial charge on any atom is -0.383 e. The Morgan fingerprint density at radius 1 is 1.06 bits per heavy atom. The van der Waals surface area contributed by atoms with Crippen LogP contribution in [-0.2, 0) is 29.0 Å². The third kappa shape index (κ3) is 5.93. The summed E-state index contributed by atoms with van der Waals surface area (Å²) in [4.78, 5) is 29.2. The number of rotatable bonds is 6. The lowest BCUT2D eigenvalue weighted by atomic mass is 9.96. The van der Waals surface area contributed by atoms with Crippen LogP contribution in [0.3, 0.4) is 0 Å². The number of nitrogens with two attached hydrogens (primary N) is 2. The number of anilines is 1. The Morgan fingerprint density at radius 3 is 2.39 bits per heavy atom. The zero-order valence-corrected chi connectivity index (χ0v) is 19.9. The number of halogens is 2. The van der Waals surface area contributed by atoms with E-state index in [1.54, 1.807) is 13.1 Å². The molecule has 176 valence electrons. The topological polar surface area (TPSA) is 123 Å². The van der Waals surface area contributed by atoms with Crippen molar-refractivity contribution in [3.8, 4) is 0 Å². The van der Waals surface area contributed by atoms with Crippen LogP contribution in [0.4, 0.5) is 5.82 Å². The van der Waals surface area contributed by atoms with Crippen LogP contribution in [-0.4, -0.2) is 28.9 Å². The number of nitrogen functional groups attached to an aromatic ring is 1. The van der Waals surface area contributed by atoms with Gasteiger partial charge in [-0.25, -0.2) is 4.98 Å². The monoisotopic (exact) mass is 489 g/mol. The normalized spacial score (nSPS) is 14.4. The number of benzene rings is 2. The van der Waals surface area contributed by atoms with Crippen molar-refractivity contribution in [3.63, 3.8) is 0 Å². The first-order valence-electron chi connectivity index (χ1n) is 10.5. The first kappa shape index (κ1) is 26.4. The van der Waals surface area contributed by atoms with Crippen molar-refractivity contribution >= 4 is 53.2 Å². The molecule has 1 aliphatic rings. The van der Waals surface area contributed by atoms with E-state index in [0.717, 1.165) is 29.2 Å². The minimum atomic E-state index is -0.678. The van der Waals surface area contributed by atoms with Gasteiger partial charge in [-0.3, -0.25) is 9.59 Å². The lowest BCUT2D eigenvalue weighted by Gasteiger charge is -2.21. The van der Waals surface area contributed by atoms with Crippen LogP contribution in [0.15, 0.2) is 54.7 Å². The maximum absolute atomic E-state index is 12.6. The Hall–Kier alpha value is -2.87. The molecule has 7 nitrogen and oxygen atoms in total. The van der Waals surface area contributed by atoms with E-state index < -0.39 is 12.1 Å². The molecule has 2 aromatic carbocycles. The summed E-state index contributed by atoms with van der Waals surface area (Å²) in [5.41, 5.74) is 15.5. The predicted molar refractivity (Wildman–Crippen MR) is 135 cm³/mol. The van der Waals surface area contributed by atoms with Crippen molar-refractivity contribution in [1.82, 2.24) is 15.6 Å². The van der Waals surface area contributed by atoms with Gasteiger partial charge in [-0.1, -0.05) is 36.4 Å². The van der Waals surface area contributed by atoms with Crippen LogP contribution in [0.5, 0.6) is 0 Å². The molecule has 2 atom stereocenters. The number of hydrogen-bond donors (Lipinski definition) is 4. The standard InChI is InChI=1S/C24H27N5O2.2ClH/c1-14(29-24(31)21(25)19-11-16-4-2-3-5-17(16)12-19)23(30)28-13-15-6-7-20-18(10-15)8-9-27-22(20)26;;/h2-10,14,19,21H,11-13,25H2,1H3,(H2,26,27)(H,28,30)(H,29,31);2*1H/t14-,21+;;/m0../s1. The third-order valence-corrected chi connectivity index (χ3v) is 5.97. The van der Waals surface area contributed by atoms with Crippen LogP contribution >= 0.6 is 24.8 Å². The maximum atomic E-state index is 12.6. The predicted octanol–water partition coefficient (Wildman–Crippen LogP) is 2.52. The van der Waals surface area contributed by atoms with Crippen molar-refractivity contribution in [2.75, 3.05) is 5.73 Å². The quantitative estimate of drug-likeness (QED) is 0.423. The van der Waals surface area contributed by atoms with E-state index in [4.69, 9.17) is 11.5 Å². The lowest BCUT2D eigenvalue weighted by Crippen LogP contribution is -2.52. The molecule has 0 saturated carbocycles. The van der Waals surface area contributed by atoms with E-state index in [0.29, 0.717) is 12.4 Å². The maximum Gasteiger partial charge on any atom is 0.242 e. The fourth-order valence-electron chi connectivity index (χ4n) is 4.14. The van der Waals surface area contributed by atoms with Gasteiger partial charge in [-0.15, -0.1) is 24.8 Å². The molecule has 0 radical (unpaired) electrons. The second-order valence-corrected chi connectivity index (χ2v) is 8.16. The number of fused-ring (bicyclic) bond motifs is 2. The van der Waals surface area contributed by atoms with E-state index in [9.17, 15) is 9.59 Å². The van der Waals surface area contributed by atoms with Crippen molar-refractivity contribution in [3.05, 3.63) is 71.4 Å². The van der Waals surface area contributed by atoms with Gasteiger partial charge in [0.15, 0.2) is 0 Å². The highest BCUT2D eigenvalue weighted by atomic mass is 35.5. The molecule has 9 heteroatoms. The van der Waals surface area contributed by atoms with Crippen molar-refractivity contribution in [2.45, 2.75) is 38.4 Å². The molecule has 0 aliphatic heterocycles. The minimum absolute atomic E-state index is 0. The summed E-state index contributed by atoms with van der Waals surface area (Å²) in [7, 11) is 0. The zero-order chi connectivity index (χ0) is 22.0. The molecule has 0 unspecified atom stereocenters. The van der Waals surface area contributed by atoms with Gasteiger partial charge in [-0.2, -0.15) is 0 Å². The molecular weight excluding hydrogens is 461 g/mol. The van der Waals surface area contributed by atoms with Gasteiger partial charge in [0, 0.05) is 18.1 Å².